The van der Waals surface area contributed by atoms with Crippen LogP contribution < -0.4 is 0 Å². The highest BCUT2D eigenvalue weighted by molar-refractivity contribution is 5.88. The molecular weight excluding hydrogens is 412 g/mol. The number of nitrogens with zero attached hydrogens (tertiary/aromatic N) is 2. The van der Waals surface area contributed by atoms with E-state index < -0.39 is 0 Å². The van der Waals surface area contributed by atoms with Gasteiger partial charge in [-0.05, 0) is 36.1 Å². The minimum atomic E-state index is -0.221. The first kappa shape index (κ1) is 21.7. The van der Waals surface area contributed by atoms with Gasteiger partial charge in [0.25, 0.3) is 0 Å². The summed E-state index contributed by atoms with van der Waals surface area (Å²) in [7, 11) is 0. The lowest BCUT2D eigenvalue weighted by molar-refractivity contribution is -0.168. The summed E-state index contributed by atoms with van der Waals surface area (Å²) in [5, 5.41) is 10.0. The van der Waals surface area contributed by atoms with E-state index in [0.29, 0.717) is 13.0 Å². The van der Waals surface area contributed by atoms with Crippen LogP contribution in [-0.4, -0.2) is 58.5 Å². The van der Waals surface area contributed by atoms with Gasteiger partial charge in [-0.3, -0.25) is 9.59 Å². The van der Waals surface area contributed by atoms with Gasteiger partial charge in [0.15, 0.2) is 0 Å². The molecule has 3 atom stereocenters. The molecule has 2 aliphatic heterocycles. The number of aliphatic hydroxyl groups excluding tert-OH is 1. The largest absolute Gasteiger partial charge is 0.394 e. The Bertz CT molecular complexity index is 1060. The molecule has 5 nitrogen and oxygen atoms in total. The summed E-state index contributed by atoms with van der Waals surface area (Å²) in [6.45, 7) is 0.633. The van der Waals surface area contributed by atoms with Crippen molar-refractivity contribution in [2.45, 2.75) is 50.1 Å². The maximum absolute atomic E-state index is 13.0. The lowest BCUT2D eigenvalue weighted by atomic mass is 9.73. The molecule has 0 bridgehead atoms. The van der Waals surface area contributed by atoms with Crippen molar-refractivity contribution < 1.29 is 14.7 Å². The molecule has 0 aromatic heterocycles. The van der Waals surface area contributed by atoms with E-state index in [1.165, 1.54) is 5.56 Å². The van der Waals surface area contributed by atoms with Gasteiger partial charge >= 0.3 is 0 Å². The van der Waals surface area contributed by atoms with Gasteiger partial charge in [0.2, 0.25) is 11.8 Å². The van der Waals surface area contributed by atoms with Crippen molar-refractivity contribution in [1.82, 2.24) is 9.80 Å². The molecule has 33 heavy (non-hydrogen) atoms. The summed E-state index contributed by atoms with van der Waals surface area (Å²) >= 11 is 0. The number of hydrogen-bond donors (Lipinski definition) is 1. The summed E-state index contributed by atoms with van der Waals surface area (Å²) in [6, 6.07) is 18.0. The molecule has 1 saturated carbocycles. The number of carbonyl (C=O) groups excluding carboxylic acids is 2. The van der Waals surface area contributed by atoms with Crippen molar-refractivity contribution in [3.8, 4) is 11.8 Å². The van der Waals surface area contributed by atoms with Crippen LogP contribution in [0.1, 0.15) is 48.3 Å². The Balaban J connectivity index is 1.29. The topological polar surface area (TPSA) is 60.9 Å². The predicted molar refractivity (Wildman–Crippen MR) is 126 cm³/mol. The van der Waals surface area contributed by atoms with Crippen LogP contribution in [0.3, 0.4) is 0 Å². The van der Waals surface area contributed by atoms with Crippen LogP contribution in [0.5, 0.6) is 0 Å². The highest BCUT2D eigenvalue weighted by Crippen LogP contribution is 2.43. The molecule has 5 rings (SSSR count). The Morgan fingerprint density at radius 1 is 1.03 bits per heavy atom. The lowest BCUT2D eigenvalue weighted by Crippen LogP contribution is -2.73. The zero-order chi connectivity index (χ0) is 22.8. The predicted octanol–water partition coefficient (Wildman–Crippen LogP) is 2.97. The number of hydrogen-bond acceptors (Lipinski definition) is 3. The van der Waals surface area contributed by atoms with Gasteiger partial charge in [-0.1, -0.05) is 67.1 Å². The summed E-state index contributed by atoms with van der Waals surface area (Å²) in [4.78, 5) is 29.3. The molecule has 2 heterocycles. The molecule has 170 valence electrons. The van der Waals surface area contributed by atoms with E-state index >= 15 is 0 Å². The molecule has 3 fully saturated rings. The van der Waals surface area contributed by atoms with Gasteiger partial charge < -0.3 is 14.9 Å². The van der Waals surface area contributed by atoms with Crippen molar-refractivity contribution in [3.05, 3.63) is 71.3 Å². The summed E-state index contributed by atoms with van der Waals surface area (Å²) in [6.07, 6.45) is 4.79. The zero-order valence-corrected chi connectivity index (χ0v) is 18.8. The Morgan fingerprint density at radius 3 is 2.45 bits per heavy atom. The molecule has 0 spiro atoms. The number of fused-ring (bicyclic) bond motifs is 1. The fourth-order valence-corrected chi connectivity index (χ4v) is 5.73. The minimum absolute atomic E-state index is 0.0319. The first-order chi connectivity index (χ1) is 16.2. The van der Waals surface area contributed by atoms with Gasteiger partial charge in [-0.2, -0.15) is 0 Å². The van der Waals surface area contributed by atoms with E-state index in [1.807, 2.05) is 30.3 Å². The molecule has 2 saturated heterocycles. The number of rotatable bonds is 4. The second-order valence-corrected chi connectivity index (χ2v) is 9.43. The third-order valence-corrected chi connectivity index (χ3v) is 7.43. The van der Waals surface area contributed by atoms with Crippen LogP contribution in [0.2, 0.25) is 0 Å². The monoisotopic (exact) mass is 442 g/mol. The molecule has 0 unspecified atom stereocenters. The summed E-state index contributed by atoms with van der Waals surface area (Å²) < 4.78 is 0. The van der Waals surface area contributed by atoms with Crippen molar-refractivity contribution in [2.24, 2.45) is 5.92 Å². The number of carbonyl (C=O) groups is 2. The summed E-state index contributed by atoms with van der Waals surface area (Å²) in [5.41, 5.74) is 3.23. The van der Waals surface area contributed by atoms with Crippen LogP contribution >= 0.6 is 0 Å². The van der Waals surface area contributed by atoms with Crippen molar-refractivity contribution in [2.75, 3.05) is 19.7 Å². The standard InChI is InChI=1S/C28H30N2O3/c31-19-25-27(22-15-13-21(14-16-22)10-6-9-20-7-2-1-3-8-20)24-17-29(18-26(32)30(24)25)28(33)23-11-4-5-12-23/h1-3,7-8,13-16,23-25,27,31H,4-5,9,11-12,17-19H2/t24-,25+,27-/m1/s1. The average Bonchev–Trinajstić information content (AvgIpc) is 3.37. The second-order valence-electron chi connectivity index (χ2n) is 9.43. The Labute approximate surface area is 195 Å². The number of amides is 2. The molecule has 2 aromatic rings. The molecule has 5 heteroatoms. The summed E-state index contributed by atoms with van der Waals surface area (Å²) in [5.74, 6) is 6.64. The van der Waals surface area contributed by atoms with Gasteiger partial charge in [0, 0.05) is 30.4 Å². The minimum Gasteiger partial charge on any atom is -0.394 e. The van der Waals surface area contributed by atoms with Crippen LogP contribution in [0.15, 0.2) is 54.6 Å². The first-order valence-corrected chi connectivity index (χ1v) is 12.0. The van der Waals surface area contributed by atoms with E-state index in [0.717, 1.165) is 36.8 Å². The quantitative estimate of drug-likeness (QED) is 0.741. The number of piperazine rings is 1. The van der Waals surface area contributed by atoms with E-state index in [4.69, 9.17) is 0 Å². The van der Waals surface area contributed by atoms with Gasteiger partial charge in [0.05, 0.1) is 25.2 Å². The van der Waals surface area contributed by atoms with E-state index in [-0.39, 0.29) is 48.9 Å². The molecule has 0 radical (unpaired) electrons. The normalized spacial score (nSPS) is 24.6. The van der Waals surface area contributed by atoms with E-state index in [9.17, 15) is 14.7 Å². The van der Waals surface area contributed by atoms with Gasteiger partial charge in [-0.25, -0.2) is 0 Å². The van der Waals surface area contributed by atoms with Crippen LogP contribution in [0.25, 0.3) is 0 Å². The third-order valence-electron chi connectivity index (χ3n) is 7.43. The fourth-order valence-electron chi connectivity index (χ4n) is 5.73. The SMILES string of the molecule is O=C(C1CCCC1)N1CC(=O)N2[C@H](C1)[C@@H](c1ccc(C#CCc3ccccc3)cc1)[C@@H]2CO. The lowest BCUT2D eigenvalue weighted by Gasteiger charge is -2.59. The second kappa shape index (κ2) is 9.41. The molecule has 3 aliphatic rings. The Kier molecular flexibility index (Phi) is 6.20. The smallest absolute Gasteiger partial charge is 0.242 e. The van der Waals surface area contributed by atoms with Gasteiger partial charge in [-0.15, -0.1) is 0 Å². The van der Waals surface area contributed by atoms with Crippen LogP contribution in [0.4, 0.5) is 0 Å². The average molecular weight is 443 g/mol. The third kappa shape index (κ3) is 4.28. The number of aliphatic hydroxyl groups is 1. The molecule has 2 amide bonds. The number of benzene rings is 2. The zero-order valence-electron chi connectivity index (χ0n) is 18.8. The maximum Gasteiger partial charge on any atom is 0.242 e. The van der Waals surface area contributed by atoms with Crippen molar-refractivity contribution in [1.29, 1.82) is 0 Å². The van der Waals surface area contributed by atoms with E-state index in [2.05, 4.69) is 36.1 Å². The Hall–Kier alpha value is -3.10. The van der Waals surface area contributed by atoms with E-state index in [1.54, 1.807) is 9.80 Å². The first-order valence-electron chi connectivity index (χ1n) is 12.0. The maximum atomic E-state index is 13.0. The van der Waals surface area contributed by atoms with Crippen molar-refractivity contribution in [3.63, 3.8) is 0 Å². The van der Waals surface area contributed by atoms with Crippen LogP contribution in [-0.2, 0) is 16.0 Å². The molecule has 1 aliphatic carbocycles. The van der Waals surface area contributed by atoms with Crippen molar-refractivity contribution >= 4 is 11.8 Å². The highest BCUT2D eigenvalue weighted by atomic mass is 16.3. The molecular formula is C28H30N2O3. The Morgan fingerprint density at radius 2 is 1.76 bits per heavy atom. The molecule has 1 N–H and O–H groups in total. The van der Waals surface area contributed by atoms with Crippen LogP contribution in [0, 0.1) is 17.8 Å². The van der Waals surface area contributed by atoms with Gasteiger partial charge in [0.1, 0.15) is 0 Å². The molecule has 2 aromatic carbocycles. The fraction of sp³-hybridized carbons (Fsp3) is 0.429. The highest BCUT2D eigenvalue weighted by Gasteiger charge is 2.54.